The highest BCUT2D eigenvalue weighted by atomic mass is 16.5. The largest absolute Gasteiger partial charge is 0.381 e. The molecule has 1 heterocycles. The summed E-state index contributed by atoms with van der Waals surface area (Å²) in [7, 11) is 0. The second-order valence-electron chi connectivity index (χ2n) is 4.94. The molecule has 1 aliphatic heterocycles. The number of ether oxygens (including phenoxy) is 1. The van der Waals surface area contributed by atoms with Crippen molar-refractivity contribution in [2.45, 2.75) is 46.1 Å². The fourth-order valence-electron chi connectivity index (χ4n) is 1.98. The average Bonchev–Trinajstić information content (AvgIpc) is 2.15. The van der Waals surface area contributed by atoms with E-state index in [-0.39, 0.29) is 0 Å². The van der Waals surface area contributed by atoms with E-state index >= 15 is 0 Å². The zero-order valence-corrected chi connectivity index (χ0v) is 9.88. The summed E-state index contributed by atoms with van der Waals surface area (Å²) in [5.74, 6) is 1.52. The minimum atomic E-state index is 0.683. The van der Waals surface area contributed by atoms with Crippen molar-refractivity contribution in [3.8, 4) is 0 Å². The lowest BCUT2D eigenvalue weighted by molar-refractivity contribution is 0.0390. The lowest BCUT2D eigenvalue weighted by Crippen LogP contribution is -2.41. The Labute approximate surface area is 88.4 Å². The normalized spacial score (nSPS) is 28.3. The van der Waals surface area contributed by atoms with E-state index < -0.39 is 0 Å². The molecule has 1 fully saturated rings. The maximum absolute atomic E-state index is 5.42. The Bertz CT molecular complexity index is 147. The molecule has 2 nitrogen and oxygen atoms in total. The van der Waals surface area contributed by atoms with Gasteiger partial charge in [-0.15, -0.1) is 0 Å². The van der Waals surface area contributed by atoms with Crippen molar-refractivity contribution in [3.63, 3.8) is 0 Å². The molecule has 0 spiro atoms. The molecule has 0 aromatic heterocycles. The molecule has 1 aliphatic rings. The van der Waals surface area contributed by atoms with Gasteiger partial charge in [0.1, 0.15) is 0 Å². The Hall–Kier alpha value is -0.0800. The Morgan fingerprint density at radius 2 is 2.21 bits per heavy atom. The number of hydrogen-bond acceptors (Lipinski definition) is 2. The predicted molar refractivity (Wildman–Crippen MR) is 60.5 cm³/mol. The fraction of sp³-hybridized carbons (Fsp3) is 1.00. The van der Waals surface area contributed by atoms with Crippen LogP contribution in [0.25, 0.3) is 0 Å². The quantitative estimate of drug-likeness (QED) is 0.687. The van der Waals surface area contributed by atoms with Gasteiger partial charge in [-0.2, -0.15) is 0 Å². The summed E-state index contributed by atoms with van der Waals surface area (Å²) in [4.78, 5) is 0. The van der Waals surface area contributed by atoms with Crippen molar-refractivity contribution in [2.24, 2.45) is 11.8 Å². The van der Waals surface area contributed by atoms with E-state index in [2.05, 4.69) is 26.1 Å². The molecular formula is C12H25NO. The van der Waals surface area contributed by atoms with Crippen molar-refractivity contribution >= 4 is 0 Å². The molecule has 2 atom stereocenters. The van der Waals surface area contributed by atoms with Gasteiger partial charge in [-0.05, 0) is 37.6 Å². The molecule has 84 valence electrons. The lowest BCUT2D eigenvalue weighted by Gasteiger charge is -2.29. The van der Waals surface area contributed by atoms with E-state index in [4.69, 9.17) is 4.74 Å². The zero-order chi connectivity index (χ0) is 10.4. The van der Waals surface area contributed by atoms with Crippen LogP contribution in [0.15, 0.2) is 0 Å². The van der Waals surface area contributed by atoms with Crippen LogP contribution in [0, 0.1) is 11.8 Å². The van der Waals surface area contributed by atoms with Crippen LogP contribution in [0.4, 0.5) is 0 Å². The summed E-state index contributed by atoms with van der Waals surface area (Å²) >= 11 is 0. The summed E-state index contributed by atoms with van der Waals surface area (Å²) in [6.45, 7) is 9.90. The molecular weight excluding hydrogens is 174 g/mol. The van der Waals surface area contributed by atoms with E-state index in [1.54, 1.807) is 0 Å². The van der Waals surface area contributed by atoms with Crippen LogP contribution in [0.2, 0.25) is 0 Å². The highest BCUT2D eigenvalue weighted by Crippen LogP contribution is 2.13. The zero-order valence-electron chi connectivity index (χ0n) is 9.88. The number of hydrogen-bond donors (Lipinski definition) is 1. The van der Waals surface area contributed by atoms with Crippen molar-refractivity contribution in [2.75, 3.05) is 19.8 Å². The summed E-state index contributed by atoms with van der Waals surface area (Å²) in [6.07, 6.45) is 3.83. The Kier molecular flexibility index (Phi) is 5.49. The van der Waals surface area contributed by atoms with Gasteiger partial charge in [-0.1, -0.05) is 20.8 Å². The Morgan fingerprint density at radius 3 is 2.86 bits per heavy atom. The molecule has 0 aromatic carbocycles. The van der Waals surface area contributed by atoms with Gasteiger partial charge >= 0.3 is 0 Å². The lowest BCUT2D eigenvalue weighted by atomic mass is 9.97. The van der Waals surface area contributed by atoms with Crippen molar-refractivity contribution in [1.82, 2.24) is 5.32 Å². The van der Waals surface area contributed by atoms with Gasteiger partial charge in [0.2, 0.25) is 0 Å². The van der Waals surface area contributed by atoms with Crippen LogP contribution in [0.1, 0.15) is 40.0 Å². The molecule has 1 rings (SSSR count). The third kappa shape index (κ3) is 4.43. The van der Waals surface area contributed by atoms with Crippen LogP contribution in [0.5, 0.6) is 0 Å². The van der Waals surface area contributed by atoms with Gasteiger partial charge < -0.3 is 10.1 Å². The molecule has 0 amide bonds. The average molecular weight is 199 g/mol. The molecule has 1 saturated heterocycles. The first kappa shape index (κ1) is 12.0. The number of nitrogens with one attached hydrogen (secondary N) is 1. The van der Waals surface area contributed by atoms with Crippen LogP contribution in [-0.4, -0.2) is 25.8 Å². The smallest absolute Gasteiger partial charge is 0.0506 e. The maximum Gasteiger partial charge on any atom is 0.0506 e. The van der Waals surface area contributed by atoms with Crippen LogP contribution < -0.4 is 5.32 Å². The second-order valence-corrected chi connectivity index (χ2v) is 4.94. The molecule has 14 heavy (non-hydrogen) atoms. The molecule has 0 saturated carbocycles. The van der Waals surface area contributed by atoms with Crippen LogP contribution in [0.3, 0.4) is 0 Å². The minimum Gasteiger partial charge on any atom is -0.381 e. The SMILES string of the molecule is CC(C)CCCNC1CCOC[C@@H]1C. The molecule has 2 heteroatoms. The second kappa shape index (κ2) is 6.41. The van der Waals surface area contributed by atoms with E-state index in [1.807, 2.05) is 0 Å². The van der Waals surface area contributed by atoms with Gasteiger partial charge in [-0.25, -0.2) is 0 Å². The fourth-order valence-corrected chi connectivity index (χ4v) is 1.98. The number of rotatable bonds is 5. The third-order valence-electron chi connectivity index (χ3n) is 3.01. The summed E-state index contributed by atoms with van der Waals surface area (Å²) in [6, 6.07) is 0.691. The third-order valence-corrected chi connectivity index (χ3v) is 3.01. The maximum atomic E-state index is 5.42. The molecule has 1 unspecified atom stereocenters. The summed E-state index contributed by atoms with van der Waals surface area (Å²) < 4.78 is 5.42. The van der Waals surface area contributed by atoms with Gasteiger partial charge in [0.25, 0.3) is 0 Å². The molecule has 0 aliphatic carbocycles. The van der Waals surface area contributed by atoms with Crippen molar-refractivity contribution in [1.29, 1.82) is 0 Å². The van der Waals surface area contributed by atoms with E-state index in [1.165, 1.54) is 25.8 Å². The Morgan fingerprint density at radius 1 is 1.43 bits per heavy atom. The van der Waals surface area contributed by atoms with Gasteiger partial charge in [0, 0.05) is 12.6 Å². The van der Waals surface area contributed by atoms with Crippen LogP contribution in [-0.2, 0) is 4.74 Å². The van der Waals surface area contributed by atoms with Gasteiger partial charge in [-0.3, -0.25) is 0 Å². The molecule has 0 aromatic rings. The standard InChI is InChI=1S/C12H25NO/c1-10(2)5-4-7-13-12-6-8-14-9-11(12)3/h10-13H,4-9H2,1-3H3/t11-,12?/m0/s1. The van der Waals surface area contributed by atoms with Crippen molar-refractivity contribution < 1.29 is 4.74 Å². The topological polar surface area (TPSA) is 21.3 Å². The Balaban J connectivity index is 2.04. The molecule has 0 bridgehead atoms. The van der Waals surface area contributed by atoms with Crippen molar-refractivity contribution in [3.05, 3.63) is 0 Å². The first-order valence-electron chi connectivity index (χ1n) is 6.01. The van der Waals surface area contributed by atoms with E-state index in [9.17, 15) is 0 Å². The van der Waals surface area contributed by atoms with Gasteiger partial charge in [0.05, 0.1) is 6.61 Å². The molecule has 1 N–H and O–H groups in total. The summed E-state index contributed by atoms with van der Waals surface area (Å²) in [5, 5.41) is 3.65. The first-order valence-corrected chi connectivity index (χ1v) is 6.01. The predicted octanol–water partition coefficient (Wildman–Crippen LogP) is 2.44. The van der Waals surface area contributed by atoms with E-state index in [0.29, 0.717) is 12.0 Å². The van der Waals surface area contributed by atoms with E-state index in [0.717, 1.165) is 19.1 Å². The highest BCUT2D eigenvalue weighted by Gasteiger charge is 2.20. The monoisotopic (exact) mass is 199 g/mol. The highest BCUT2D eigenvalue weighted by molar-refractivity contribution is 4.76. The minimum absolute atomic E-state index is 0.683. The van der Waals surface area contributed by atoms with Gasteiger partial charge in [0.15, 0.2) is 0 Å². The van der Waals surface area contributed by atoms with Crippen LogP contribution >= 0.6 is 0 Å². The first-order chi connectivity index (χ1) is 6.70. The molecule has 0 radical (unpaired) electrons. The summed E-state index contributed by atoms with van der Waals surface area (Å²) in [5.41, 5.74) is 0.